The Morgan fingerprint density at radius 1 is 1.21 bits per heavy atom. The van der Waals surface area contributed by atoms with E-state index >= 15 is 0 Å². The first-order chi connectivity index (χ1) is 6.58. The highest BCUT2D eigenvalue weighted by Crippen LogP contribution is 2.07. The van der Waals surface area contributed by atoms with Crippen LogP contribution in [0.3, 0.4) is 0 Å². The van der Waals surface area contributed by atoms with Gasteiger partial charge in [-0.3, -0.25) is 5.32 Å². The Balaban J connectivity index is 2.56. The zero-order valence-electron chi connectivity index (χ0n) is 7.08. The van der Waals surface area contributed by atoms with Gasteiger partial charge in [-0.1, -0.05) is 0 Å². The molecule has 74 valence electrons. The molecule has 0 saturated carbocycles. The summed E-state index contributed by atoms with van der Waals surface area (Å²) in [6, 6.07) is 3.36. The number of nitrogens with one attached hydrogen (secondary N) is 2. The molecule has 0 bridgehead atoms. The molecule has 0 spiro atoms. The molecule has 4 amide bonds. The summed E-state index contributed by atoms with van der Waals surface area (Å²) in [7, 11) is 0. The van der Waals surface area contributed by atoms with Crippen molar-refractivity contribution in [1.29, 1.82) is 0 Å². The molecule has 5 nitrogen and oxygen atoms in total. The topological polar surface area (TPSA) is 84.2 Å². The molecule has 1 aromatic carbocycles. The van der Waals surface area contributed by atoms with Crippen LogP contribution < -0.4 is 16.4 Å². The Hall–Kier alpha value is -2.11. The largest absolute Gasteiger partial charge is 0.351 e. The first-order valence-electron chi connectivity index (χ1n) is 3.71. The zero-order chi connectivity index (χ0) is 10.6. The van der Waals surface area contributed by atoms with E-state index in [9.17, 15) is 14.0 Å². The van der Waals surface area contributed by atoms with Crippen LogP contribution in [-0.2, 0) is 0 Å². The minimum Gasteiger partial charge on any atom is -0.351 e. The average Bonchev–Trinajstić information content (AvgIpc) is 2.07. The molecule has 0 aliphatic heterocycles. The van der Waals surface area contributed by atoms with Gasteiger partial charge in [-0.15, -0.1) is 0 Å². The quantitative estimate of drug-likeness (QED) is 0.628. The van der Waals surface area contributed by atoms with Gasteiger partial charge in [0.05, 0.1) is 0 Å². The van der Waals surface area contributed by atoms with Crippen LogP contribution in [0.1, 0.15) is 0 Å². The maximum atomic E-state index is 12.4. The van der Waals surface area contributed by atoms with Gasteiger partial charge in [-0.05, 0) is 24.3 Å². The van der Waals surface area contributed by atoms with Crippen LogP contribution in [0.2, 0.25) is 0 Å². The average molecular weight is 197 g/mol. The molecular formula is C8H8FN3O2. The van der Waals surface area contributed by atoms with Gasteiger partial charge in [0.2, 0.25) is 0 Å². The Morgan fingerprint density at radius 2 is 1.79 bits per heavy atom. The molecule has 1 rings (SSSR count). The van der Waals surface area contributed by atoms with Crippen LogP contribution in [-0.4, -0.2) is 12.1 Å². The summed E-state index contributed by atoms with van der Waals surface area (Å²) in [5.41, 5.74) is 5.07. The molecule has 0 unspecified atom stereocenters. The Morgan fingerprint density at radius 3 is 2.29 bits per heavy atom. The van der Waals surface area contributed by atoms with Crippen molar-refractivity contribution in [3.63, 3.8) is 0 Å². The van der Waals surface area contributed by atoms with Gasteiger partial charge in [-0.25, -0.2) is 14.0 Å². The highest BCUT2D eigenvalue weighted by atomic mass is 19.1. The van der Waals surface area contributed by atoms with Gasteiger partial charge in [0.25, 0.3) is 0 Å². The number of halogens is 1. The highest BCUT2D eigenvalue weighted by molar-refractivity contribution is 5.99. The molecule has 14 heavy (non-hydrogen) atoms. The third-order valence-electron chi connectivity index (χ3n) is 1.34. The van der Waals surface area contributed by atoms with E-state index in [0.717, 1.165) is 0 Å². The fraction of sp³-hybridized carbons (Fsp3) is 0. The molecule has 6 heteroatoms. The minimum absolute atomic E-state index is 0.366. The lowest BCUT2D eigenvalue weighted by molar-refractivity contribution is 0.238. The lowest BCUT2D eigenvalue weighted by atomic mass is 10.3. The molecule has 0 saturated heterocycles. The number of carbonyl (C=O) groups is 2. The smallest absolute Gasteiger partial charge is 0.327 e. The van der Waals surface area contributed by atoms with Gasteiger partial charge in [0, 0.05) is 5.69 Å². The van der Waals surface area contributed by atoms with E-state index in [0.29, 0.717) is 5.69 Å². The first kappa shape index (κ1) is 9.97. The SMILES string of the molecule is NC(=O)NC(=O)Nc1ccc(F)cc1. The van der Waals surface area contributed by atoms with E-state index in [1.807, 2.05) is 0 Å². The number of carbonyl (C=O) groups excluding carboxylic acids is 2. The zero-order valence-corrected chi connectivity index (χ0v) is 7.08. The van der Waals surface area contributed by atoms with Crippen LogP contribution >= 0.6 is 0 Å². The predicted octanol–water partition coefficient (Wildman–Crippen LogP) is 1.03. The van der Waals surface area contributed by atoms with Crippen molar-refractivity contribution >= 4 is 17.7 Å². The van der Waals surface area contributed by atoms with E-state index in [4.69, 9.17) is 5.73 Å². The van der Waals surface area contributed by atoms with Gasteiger partial charge in [-0.2, -0.15) is 0 Å². The number of imide groups is 1. The normalized spacial score (nSPS) is 9.21. The molecule has 0 radical (unpaired) electrons. The fourth-order valence-electron chi connectivity index (χ4n) is 0.807. The van der Waals surface area contributed by atoms with Crippen LogP contribution in [0, 0.1) is 5.82 Å². The van der Waals surface area contributed by atoms with Crippen LogP contribution in [0.15, 0.2) is 24.3 Å². The number of hydrogen-bond donors (Lipinski definition) is 3. The van der Waals surface area contributed by atoms with E-state index in [1.54, 1.807) is 5.32 Å². The lowest BCUT2D eigenvalue weighted by Crippen LogP contribution is -2.38. The third kappa shape index (κ3) is 3.10. The summed E-state index contributed by atoms with van der Waals surface area (Å²) < 4.78 is 12.4. The molecule has 0 aliphatic rings. The molecule has 0 aromatic heterocycles. The van der Waals surface area contributed by atoms with Crippen molar-refractivity contribution in [2.45, 2.75) is 0 Å². The number of urea groups is 2. The van der Waals surface area contributed by atoms with Gasteiger partial charge in [0.15, 0.2) is 0 Å². The number of nitrogens with two attached hydrogens (primary N) is 1. The van der Waals surface area contributed by atoms with Crippen molar-refractivity contribution < 1.29 is 14.0 Å². The third-order valence-corrected chi connectivity index (χ3v) is 1.34. The Kier molecular flexibility index (Phi) is 3.01. The molecule has 1 aromatic rings. The summed E-state index contributed by atoms with van der Waals surface area (Å²) >= 11 is 0. The second kappa shape index (κ2) is 4.22. The first-order valence-corrected chi connectivity index (χ1v) is 3.71. The van der Waals surface area contributed by atoms with Gasteiger partial charge in [0.1, 0.15) is 5.82 Å². The van der Waals surface area contributed by atoms with Crippen LogP contribution in [0.25, 0.3) is 0 Å². The van der Waals surface area contributed by atoms with E-state index < -0.39 is 17.9 Å². The molecule has 0 atom stereocenters. The number of hydrogen-bond acceptors (Lipinski definition) is 2. The number of benzene rings is 1. The summed E-state index contributed by atoms with van der Waals surface area (Å²) in [5.74, 6) is -0.411. The second-order valence-corrected chi connectivity index (χ2v) is 2.45. The van der Waals surface area contributed by atoms with Crippen molar-refractivity contribution in [3.05, 3.63) is 30.1 Å². The van der Waals surface area contributed by atoms with Crippen molar-refractivity contribution in [1.82, 2.24) is 5.32 Å². The maximum Gasteiger partial charge on any atom is 0.327 e. The molecule has 0 fully saturated rings. The monoisotopic (exact) mass is 197 g/mol. The molecular weight excluding hydrogens is 189 g/mol. The Bertz CT molecular complexity index is 350. The summed E-state index contributed by atoms with van der Waals surface area (Å²) in [6.07, 6.45) is 0. The summed E-state index contributed by atoms with van der Waals surface area (Å²) in [6.45, 7) is 0. The predicted molar refractivity (Wildman–Crippen MR) is 48.1 cm³/mol. The Labute approximate surface area is 79.1 Å². The number of primary amides is 1. The van der Waals surface area contributed by atoms with E-state index in [-0.39, 0.29) is 0 Å². The second-order valence-electron chi connectivity index (χ2n) is 2.45. The minimum atomic E-state index is -0.954. The summed E-state index contributed by atoms with van der Waals surface area (Å²) in [4.78, 5) is 21.1. The van der Waals surface area contributed by atoms with Crippen molar-refractivity contribution in [3.8, 4) is 0 Å². The van der Waals surface area contributed by atoms with Crippen molar-refractivity contribution in [2.75, 3.05) is 5.32 Å². The van der Waals surface area contributed by atoms with Crippen LogP contribution in [0.5, 0.6) is 0 Å². The highest BCUT2D eigenvalue weighted by Gasteiger charge is 2.03. The number of rotatable bonds is 1. The maximum absolute atomic E-state index is 12.4. The van der Waals surface area contributed by atoms with Crippen LogP contribution in [0.4, 0.5) is 19.7 Å². The number of anilines is 1. The lowest BCUT2D eigenvalue weighted by Gasteiger charge is -2.03. The molecule has 0 heterocycles. The van der Waals surface area contributed by atoms with E-state index in [2.05, 4.69) is 5.32 Å². The van der Waals surface area contributed by atoms with Crippen molar-refractivity contribution in [2.24, 2.45) is 5.73 Å². The fourth-order valence-corrected chi connectivity index (χ4v) is 0.807. The van der Waals surface area contributed by atoms with Gasteiger partial charge < -0.3 is 11.1 Å². The van der Waals surface area contributed by atoms with E-state index in [1.165, 1.54) is 24.3 Å². The molecule has 0 aliphatic carbocycles. The van der Waals surface area contributed by atoms with Gasteiger partial charge >= 0.3 is 12.1 Å². The molecule has 4 N–H and O–H groups in total. The summed E-state index contributed by atoms with van der Waals surface area (Å²) in [5, 5.41) is 4.08. The standard InChI is InChI=1S/C8H8FN3O2/c9-5-1-3-6(4-2-5)11-8(14)12-7(10)13/h1-4H,(H4,10,11,12,13,14). The number of amides is 4.